The summed E-state index contributed by atoms with van der Waals surface area (Å²) in [6, 6.07) is 23.0. The molecule has 0 fully saturated rings. The Labute approximate surface area is 500 Å². The zero-order chi connectivity index (χ0) is 62.4. The molecule has 0 spiro atoms. The molecule has 0 saturated heterocycles. The number of pyridine rings is 8. The van der Waals surface area contributed by atoms with E-state index in [2.05, 4.69) is 254 Å². The summed E-state index contributed by atoms with van der Waals surface area (Å²) in [6.45, 7) is 57.6. The van der Waals surface area contributed by atoms with Crippen LogP contribution in [0.4, 0.5) is 0 Å². The summed E-state index contributed by atoms with van der Waals surface area (Å²) in [5.41, 5.74) is 25.3. The molecule has 0 saturated carbocycles. The number of aromatic nitrogens is 8. The second kappa shape index (κ2) is 38.1. The van der Waals surface area contributed by atoms with Crippen LogP contribution in [0.3, 0.4) is 0 Å². The van der Waals surface area contributed by atoms with Crippen molar-refractivity contribution >= 4 is 0 Å². The van der Waals surface area contributed by atoms with Gasteiger partial charge in [0.15, 0.2) is 0 Å². The third-order valence-corrected chi connectivity index (χ3v) is 13.8. The Kier molecular flexibility index (Phi) is 34.0. The number of rotatable bonds is 7. The summed E-state index contributed by atoms with van der Waals surface area (Å²) in [5.74, 6) is 4.07. The van der Waals surface area contributed by atoms with E-state index in [1.807, 2.05) is 95.6 Å². The summed E-state index contributed by atoms with van der Waals surface area (Å²) >= 11 is 0. The van der Waals surface area contributed by atoms with Crippen LogP contribution in [0.1, 0.15) is 251 Å². The predicted molar refractivity (Wildman–Crippen MR) is 354 cm³/mol. The van der Waals surface area contributed by atoms with Crippen molar-refractivity contribution in [2.24, 2.45) is 0 Å². The van der Waals surface area contributed by atoms with Gasteiger partial charge in [-0.2, -0.15) is 0 Å². The fraction of sp³-hybridized carbons (Fsp3) is 0.459. The van der Waals surface area contributed by atoms with Gasteiger partial charge in [0.2, 0.25) is 0 Å². The zero-order valence-corrected chi connectivity index (χ0v) is 56.2. The molecule has 8 nitrogen and oxygen atoms in total. The lowest BCUT2D eigenvalue weighted by Crippen LogP contribution is -1.97. The standard InChI is InChI=1S/3C10H15N.4C9H13N.C8H11N/c1-7(2)10-5-9(4)11-6-8(10)3;1-7(2)10-6-11-9(4)5-8(10)3;1-7(2)10-8(3)5-6-9(4)11-10;1-7(2)9-4-5-10-6-8(9)3;1-7(2)9-6-10-5-4-8(9)3;1-7(2)9-5-4-6-10-8(9)3;1-7(2)9-8(3)5-4-6-10-9;1-6-4-7(2)8(3)9-5-6/h3*5-7H,1-4H3;4*4-7H,1-3H3;4-5H,1-3H3. The van der Waals surface area contributed by atoms with Crippen LogP contribution in [-0.4, -0.2) is 39.9 Å². The monoisotopic (exact) mass is 1110 g/mol. The summed E-state index contributed by atoms with van der Waals surface area (Å²) in [7, 11) is 0. The third-order valence-electron chi connectivity index (χ3n) is 13.8. The first-order valence-corrected chi connectivity index (χ1v) is 29.7. The average molecular weight is 1110 g/mol. The molecule has 0 aromatic carbocycles. The Morgan fingerprint density at radius 3 is 1.20 bits per heavy atom. The lowest BCUT2D eigenvalue weighted by Gasteiger charge is -2.08. The Hall–Kier alpha value is -6.80. The van der Waals surface area contributed by atoms with Crippen LogP contribution in [0.2, 0.25) is 0 Å². The van der Waals surface area contributed by atoms with E-state index in [-0.39, 0.29) is 0 Å². The highest BCUT2D eigenvalue weighted by atomic mass is 14.7. The van der Waals surface area contributed by atoms with Gasteiger partial charge in [0.25, 0.3) is 0 Å². The first kappa shape index (κ1) is 73.2. The van der Waals surface area contributed by atoms with Gasteiger partial charge in [0.05, 0.1) is 0 Å². The van der Waals surface area contributed by atoms with Gasteiger partial charge in [-0.3, -0.25) is 39.9 Å². The van der Waals surface area contributed by atoms with Crippen LogP contribution in [0.25, 0.3) is 0 Å². The molecular weight excluding hydrogens is 1000 g/mol. The van der Waals surface area contributed by atoms with E-state index < -0.39 is 0 Å². The lowest BCUT2D eigenvalue weighted by molar-refractivity contribution is 0.804. The first-order chi connectivity index (χ1) is 38.4. The van der Waals surface area contributed by atoms with Crippen LogP contribution in [0, 0.1) is 90.0 Å². The second-order valence-electron chi connectivity index (χ2n) is 23.9. The van der Waals surface area contributed by atoms with Crippen LogP contribution >= 0.6 is 0 Å². The molecule has 8 heterocycles. The Morgan fingerprint density at radius 2 is 0.768 bits per heavy atom. The molecule has 0 aliphatic heterocycles. The summed E-state index contributed by atoms with van der Waals surface area (Å²) in [5, 5.41) is 0. The van der Waals surface area contributed by atoms with E-state index in [0.717, 1.165) is 28.5 Å². The molecule has 8 aromatic heterocycles. The molecule has 0 atom stereocenters. The van der Waals surface area contributed by atoms with E-state index in [1.165, 1.54) is 83.7 Å². The van der Waals surface area contributed by atoms with Gasteiger partial charge in [-0.25, -0.2) is 0 Å². The third kappa shape index (κ3) is 27.8. The molecule has 8 heteroatoms. The number of hydrogen-bond acceptors (Lipinski definition) is 8. The van der Waals surface area contributed by atoms with Crippen LogP contribution in [-0.2, 0) is 0 Å². The maximum Gasteiger partial charge on any atom is 0.0461 e. The minimum Gasteiger partial charge on any atom is -0.264 e. The number of nitrogens with zero attached hydrogens (tertiary/aromatic N) is 8. The minimum absolute atomic E-state index is 0.537. The molecule has 8 rings (SSSR count). The minimum atomic E-state index is 0.537. The van der Waals surface area contributed by atoms with E-state index in [0.29, 0.717) is 41.4 Å². The van der Waals surface area contributed by atoms with Gasteiger partial charge in [-0.1, -0.05) is 121 Å². The second-order valence-corrected chi connectivity index (χ2v) is 23.9. The molecule has 0 bridgehead atoms. The zero-order valence-electron chi connectivity index (χ0n) is 56.2. The largest absolute Gasteiger partial charge is 0.264 e. The first-order valence-electron chi connectivity index (χ1n) is 29.7. The van der Waals surface area contributed by atoms with Gasteiger partial charge in [-0.15, -0.1) is 0 Å². The highest BCUT2D eigenvalue weighted by Crippen LogP contribution is 2.22. The summed E-state index contributed by atoms with van der Waals surface area (Å²) in [4.78, 5) is 33.7. The summed E-state index contributed by atoms with van der Waals surface area (Å²) < 4.78 is 0. The smallest absolute Gasteiger partial charge is 0.0461 e. The van der Waals surface area contributed by atoms with Crippen LogP contribution in [0.5, 0.6) is 0 Å². The average Bonchev–Trinajstić information content (AvgIpc) is 3.40. The SMILES string of the molecule is Cc1cc(C(C)C)c(C)cn1.Cc1cc(C)c(C(C)C)cn1.Cc1ccc(C)c(C(C)C)n1.Cc1cccnc1C(C)C.Cc1ccncc1C(C)C.Cc1cnc(C)c(C)c1.Cc1cnccc1C(C)C.Cc1ncccc1C(C)C. The molecule has 444 valence electrons. The Bertz CT molecular complexity index is 2820. The molecule has 0 radical (unpaired) electrons. The van der Waals surface area contributed by atoms with Crippen molar-refractivity contribution in [3.8, 4) is 0 Å². The maximum absolute atomic E-state index is 4.47. The molecule has 0 amide bonds. The maximum atomic E-state index is 4.47. The fourth-order valence-corrected chi connectivity index (χ4v) is 9.02. The highest BCUT2D eigenvalue weighted by Gasteiger charge is 2.07. The Balaban J connectivity index is 0.000000469. The van der Waals surface area contributed by atoms with E-state index in [4.69, 9.17) is 0 Å². The van der Waals surface area contributed by atoms with Crippen molar-refractivity contribution in [2.45, 2.75) is 228 Å². The highest BCUT2D eigenvalue weighted by molar-refractivity contribution is 5.30. The van der Waals surface area contributed by atoms with Gasteiger partial charge < -0.3 is 0 Å². The molecular formula is C74H108N8. The molecule has 82 heavy (non-hydrogen) atoms. The van der Waals surface area contributed by atoms with Crippen molar-refractivity contribution in [1.82, 2.24) is 39.9 Å². The molecule has 0 N–H and O–H groups in total. The lowest BCUT2D eigenvalue weighted by atomic mass is 9.99. The van der Waals surface area contributed by atoms with E-state index >= 15 is 0 Å². The van der Waals surface area contributed by atoms with Gasteiger partial charge in [-0.05, 0) is 246 Å². The quantitative estimate of drug-likeness (QED) is 0.155. The van der Waals surface area contributed by atoms with Crippen LogP contribution < -0.4 is 0 Å². The van der Waals surface area contributed by atoms with Crippen molar-refractivity contribution in [2.75, 3.05) is 0 Å². The molecule has 8 aromatic rings. The molecule has 0 unspecified atom stereocenters. The van der Waals surface area contributed by atoms with Crippen LogP contribution in [0.15, 0.2) is 123 Å². The Morgan fingerprint density at radius 1 is 0.268 bits per heavy atom. The topological polar surface area (TPSA) is 103 Å². The van der Waals surface area contributed by atoms with Gasteiger partial charge in [0, 0.05) is 95.6 Å². The molecule has 0 aliphatic carbocycles. The van der Waals surface area contributed by atoms with Gasteiger partial charge >= 0.3 is 0 Å². The van der Waals surface area contributed by atoms with Crippen molar-refractivity contribution in [1.29, 1.82) is 0 Å². The number of hydrogen-bond donors (Lipinski definition) is 0. The van der Waals surface area contributed by atoms with Crippen molar-refractivity contribution in [3.63, 3.8) is 0 Å². The van der Waals surface area contributed by atoms with Crippen molar-refractivity contribution < 1.29 is 0 Å². The normalized spacial score (nSPS) is 10.4. The summed E-state index contributed by atoms with van der Waals surface area (Å²) in [6.07, 6.45) is 17.0. The fourth-order valence-electron chi connectivity index (χ4n) is 9.02. The van der Waals surface area contributed by atoms with Crippen molar-refractivity contribution in [3.05, 3.63) is 235 Å². The number of aryl methyl sites for hydroxylation is 13. The van der Waals surface area contributed by atoms with Gasteiger partial charge in [0.1, 0.15) is 0 Å². The predicted octanol–water partition coefficient (Wildman–Crippen LogP) is 20.5. The molecule has 0 aliphatic rings. The van der Waals surface area contributed by atoms with E-state index in [9.17, 15) is 0 Å². The van der Waals surface area contributed by atoms with E-state index in [1.54, 1.807) is 0 Å².